The molecule has 0 fully saturated rings. The maximum Gasteiger partial charge on any atom is 0.200 e. The highest BCUT2D eigenvalue weighted by Crippen LogP contribution is 2.37. The Labute approximate surface area is 117 Å². The summed E-state index contributed by atoms with van der Waals surface area (Å²) in [5.74, 6) is -1.76. The van der Waals surface area contributed by atoms with Crippen LogP contribution in [-0.2, 0) is 6.54 Å². The molecule has 100 valence electrons. The van der Waals surface area contributed by atoms with Crippen LogP contribution in [-0.4, -0.2) is 15.3 Å². The largest absolute Gasteiger partial charge is 0.504 e. The summed E-state index contributed by atoms with van der Waals surface area (Å²) in [4.78, 5) is 0. The lowest BCUT2D eigenvalue weighted by Gasteiger charge is -2.10. The average Bonchev–Trinajstić information content (AvgIpc) is 2.39. The van der Waals surface area contributed by atoms with Crippen LogP contribution in [0.3, 0.4) is 0 Å². The molecule has 0 aliphatic carbocycles. The van der Waals surface area contributed by atoms with Gasteiger partial charge in [-0.2, -0.15) is 0 Å². The molecule has 0 aromatic heterocycles. The minimum Gasteiger partial charge on any atom is -0.504 e. The van der Waals surface area contributed by atoms with Gasteiger partial charge < -0.3 is 20.6 Å². The fourth-order valence-electron chi connectivity index (χ4n) is 1.56. The van der Waals surface area contributed by atoms with Crippen LogP contribution < -0.4 is 5.32 Å². The lowest BCUT2D eigenvalue weighted by atomic mass is 10.1. The van der Waals surface area contributed by atoms with Gasteiger partial charge in [-0.25, -0.2) is 4.39 Å². The number of anilines is 1. The maximum absolute atomic E-state index is 13.3. The van der Waals surface area contributed by atoms with Crippen molar-refractivity contribution in [3.8, 4) is 17.2 Å². The molecule has 0 saturated carbocycles. The molecule has 0 spiro atoms. The van der Waals surface area contributed by atoms with Gasteiger partial charge in [-0.3, -0.25) is 0 Å². The van der Waals surface area contributed by atoms with Crippen LogP contribution in [0.5, 0.6) is 17.2 Å². The Bertz CT molecular complexity index is 619. The minimum atomic E-state index is -0.568. The summed E-state index contributed by atoms with van der Waals surface area (Å²) in [5, 5.41) is 31.1. The molecule has 0 radical (unpaired) electrons. The number of halogens is 2. The number of nitrogens with one attached hydrogen (secondary N) is 1. The first-order valence-electron chi connectivity index (χ1n) is 5.40. The highest BCUT2D eigenvalue weighted by molar-refractivity contribution is 9.10. The highest BCUT2D eigenvalue weighted by atomic mass is 79.9. The number of phenols is 3. The zero-order valence-electron chi connectivity index (χ0n) is 9.69. The Kier molecular flexibility index (Phi) is 3.80. The number of phenolic OH excluding ortho intramolecular Hbond substituents is 3. The molecule has 0 unspecified atom stereocenters. The molecular weight excluding hydrogens is 317 g/mol. The molecule has 0 atom stereocenters. The molecule has 4 nitrogen and oxygen atoms in total. The van der Waals surface area contributed by atoms with Crippen molar-refractivity contribution in [2.75, 3.05) is 5.32 Å². The van der Waals surface area contributed by atoms with E-state index >= 15 is 0 Å². The summed E-state index contributed by atoms with van der Waals surface area (Å²) in [6, 6.07) is 7.28. The second-order valence-corrected chi connectivity index (χ2v) is 4.78. The quantitative estimate of drug-likeness (QED) is 0.652. The van der Waals surface area contributed by atoms with Crippen molar-refractivity contribution in [3.05, 3.63) is 46.2 Å². The Morgan fingerprint density at radius 1 is 1.05 bits per heavy atom. The van der Waals surface area contributed by atoms with E-state index in [-0.39, 0.29) is 6.54 Å². The second kappa shape index (κ2) is 5.36. The van der Waals surface area contributed by atoms with Gasteiger partial charge >= 0.3 is 0 Å². The highest BCUT2D eigenvalue weighted by Gasteiger charge is 2.10. The molecule has 0 aliphatic rings. The van der Waals surface area contributed by atoms with Crippen LogP contribution in [0.4, 0.5) is 10.1 Å². The van der Waals surface area contributed by atoms with Crippen LogP contribution in [0.15, 0.2) is 34.8 Å². The van der Waals surface area contributed by atoms with Crippen LogP contribution in [0.25, 0.3) is 0 Å². The van der Waals surface area contributed by atoms with Crippen LogP contribution in [0.2, 0.25) is 0 Å². The monoisotopic (exact) mass is 327 g/mol. The Morgan fingerprint density at radius 2 is 1.79 bits per heavy atom. The van der Waals surface area contributed by atoms with Crippen molar-refractivity contribution < 1.29 is 19.7 Å². The summed E-state index contributed by atoms with van der Waals surface area (Å²) in [7, 11) is 0. The van der Waals surface area contributed by atoms with Gasteiger partial charge in [-0.1, -0.05) is 0 Å². The summed E-state index contributed by atoms with van der Waals surface area (Å²) in [6.07, 6.45) is 0. The second-order valence-electron chi connectivity index (χ2n) is 3.92. The normalized spacial score (nSPS) is 10.4. The molecule has 0 saturated heterocycles. The van der Waals surface area contributed by atoms with E-state index in [0.717, 1.165) is 0 Å². The number of hydrogen-bond donors (Lipinski definition) is 4. The summed E-state index contributed by atoms with van der Waals surface area (Å²) in [6.45, 7) is 0.181. The van der Waals surface area contributed by atoms with E-state index in [1.807, 2.05) is 0 Å². The lowest BCUT2D eigenvalue weighted by Crippen LogP contribution is -2.00. The van der Waals surface area contributed by atoms with Crippen molar-refractivity contribution in [1.29, 1.82) is 0 Å². The SMILES string of the molecule is Oc1ccc(CNc2ccc(Br)c(F)c2)c(O)c1O. The van der Waals surface area contributed by atoms with Gasteiger partial charge in [0.05, 0.1) is 4.47 Å². The van der Waals surface area contributed by atoms with Gasteiger partial charge in [0, 0.05) is 17.8 Å². The molecule has 2 aromatic rings. The van der Waals surface area contributed by atoms with Crippen molar-refractivity contribution >= 4 is 21.6 Å². The van der Waals surface area contributed by atoms with Crippen LogP contribution >= 0.6 is 15.9 Å². The maximum atomic E-state index is 13.3. The Morgan fingerprint density at radius 3 is 2.47 bits per heavy atom. The topological polar surface area (TPSA) is 72.7 Å². The van der Waals surface area contributed by atoms with Gasteiger partial charge in [0.15, 0.2) is 11.5 Å². The third-order valence-corrected chi connectivity index (χ3v) is 3.26. The zero-order chi connectivity index (χ0) is 14.0. The van der Waals surface area contributed by atoms with E-state index in [0.29, 0.717) is 15.7 Å². The molecule has 0 heterocycles. The molecule has 19 heavy (non-hydrogen) atoms. The first-order chi connectivity index (χ1) is 8.99. The minimum absolute atomic E-state index is 0.181. The number of rotatable bonds is 3. The molecule has 0 amide bonds. The fourth-order valence-corrected chi connectivity index (χ4v) is 1.80. The Balaban J connectivity index is 2.14. The number of benzene rings is 2. The number of aromatic hydroxyl groups is 3. The van der Waals surface area contributed by atoms with E-state index in [2.05, 4.69) is 21.2 Å². The standard InChI is InChI=1S/C13H11BrFNO3/c14-9-3-2-8(5-10(9)15)16-6-7-1-4-11(17)13(19)12(7)18/h1-5,16-19H,6H2. The van der Waals surface area contributed by atoms with Gasteiger partial charge in [-0.15, -0.1) is 0 Å². The Hall–Kier alpha value is -1.95. The van der Waals surface area contributed by atoms with Crippen molar-refractivity contribution in [2.45, 2.75) is 6.54 Å². The van der Waals surface area contributed by atoms with E-state index in [9.17, 15) is 19.7 Å². The van der Waals surface area contributed by atoms with Crippen molar-refractivity contribution in [3.63, 3.8) is 0 Å². The molecular formula is C13H11BrFNO3. The van der Waals surface area contributed by atoms with Gasteiger partial charge in [0.25, 0.3) is 0 Å². The van der Waals surface area contributed by atoms with E-state index < -0.39 is 23.1 Å². The average molecular weight is 328 g/mol. The third-order valence-electron chi connectivity index (χ3n) is 2.62. The molecule has 2 rings (SSSR count). The van der Waals surface area contributed by atoms with Gasteiger partial charge in [-0.05, 0) is 46.3 Å². The lowest BCUT2D eigenvalue weighted by molar-refractivity contribution is 0.365. The van der Waals surface area contributed by atoms with Crippen molar-refractivity contribution in [2.24, 2.45) is 0 Å². The van der Waals surface area contributed by atoms with E-state index in [1.54, 1.807) is 12.1 Å². The molecule has 6 heteroatoms. The zero-order valence-corrected chi connectivity index (χ0v) is 11.3. The molecule has 4 N–H and O–H groups in total. The van der Waals surface area contributed by atoms with E-state index in [4.69, 9.17) is 0 Å². The van der Waals surface area contributed by atoms with Crippen molar-refractivity contribution in [1.82, 2.24) is 0 Å². The van der Waals surface area contributed by atoms with E-state index in [1.165, 1.54) is 18.2 Å². The third kappa shape index (κ3) is 2.90. The fraction of sp³-hybridized carbons (Fsp3) is 0.0769. The summed E-state index contributed by atoms with van der Waals surface area (Å²) < 4.78 is 13.7. The van der Waals surface area contributed by atoms with Crippen LogP contribution in [0.1, 0.15) is 5.56 Å². The van der Waals surface area contributed by atoms with Gasteiger partial charge in [0.1, 0.15) is 5.82 Å². The van der Waals surface area contributed by atoms with Crippen LogP contribution in [0, 0.1) is 5.82 Å². The molecule has 2 aromatic carbocycles. The first-order valence-corrected chi connectivity index (χ1v) is 6.20. The summed E-state index contributed by atoms with van der Waals surface area (Å²) >= 11 is 3.05. The first kappa shape index (κ1) is 13.5. The smallest absolute Gasteiger partial charge is 0.200 e. The molecule has 0 aliphatic heterocycles. The number of hydrogen-bond acceptors (Lipinski definition) is 4. The van der Waals surface area contributed by atoms with Gasteiger partial charge in [0.2, 0.25) is 5.75 Å². The molecule has 0 bridgehead atoms. The summed E-state index contributed by atoms with van der Waals surface area (Å²) in [5.41, 5.74) is 0.922. The predicted octanol–water partition coefficient (Wildman–Crippen LogP) is 3.32. The predicted molar refractivity (Wildman–Crippen MR) is 72.9 cm³/mol.